The molecular formula is C12H18ClNO. The first-order chi connectivity index (χ1) is 7.06. The van der Waals surface area contributed by atoms with Gasteiger partial charge in [-0.05, 0) is 42.5 Å². The molecule has 3 heteroatoms. The molecule has 0 bridgehead atoms. The molecule has 0 saturated carbocycles. The Balaban J connectivity index is 3.02. The third-order valence-corrected chi connectivity index (χ3v) is 2.77. The summed E-state index contributed by atoms with van der Waals surface area (Å²) in [5, 5.41) is 10.2. The summed E-state index contributed by atoms with van der Waals surface area (Å²) < 4.78 is 0. The normalized spacial score (nSPS) is 11.0. The van der Waals surface area contributed by atoms with E-state index in [2.05, 4.69) is 13.8 Å². The van der Waals surface area contributed by atoms with E-state index in [9.17, 15) is 5.11 Å². The van der Waals surface area contributed by atoms with Gasteiger partial charge in [-0.1, -0.05) is 31.5 Å². The van der Waals surface area contributed by atoms with Crippen molar-refractivity contribution < 1.29 is 5.11 Å². The minimum absolute atomic E-state index is 0.203. The molecule has 15 heavy (non-hydrogen) atoms. The summed E-state index contributed by atoms with van der Waals surface area (Å²) in [7, 11) is 0. The third-order valence-electron chi connectivity index (χ3n) is 2.48. The van der Waals surface area contributed by atoms with Crippen LogP contribution in [0.1, 0.15) is 37.3 Å². The summed E-state index contributed by atoms with van der Waals surface area (Å²) in [6.45, 7) is 4.84. The molecule has 0 aromatic heterocycles. The van der Waals surface area contributed by atoms with Gasteiger partial charge in [-0.25, -0.2) is 0 Å². The Morgan fingerprint density at radius 2 is 2.07 bits per heavy atom. The van der Waals surface area contributed by atoms with Crippen molar-refractivity contribution in [1.82, 2.24) is 0 Å². The van der Waals surface area contributed by atoms with Crippen LogP contribution in [0.25, 0.3) is 0 Å². The second kappa shape index (κ2) is 5.38. The van der Waals surface area contributed by atoms with E-state index in [1.54, 1.807) is 0 Å². The molecule has 0 unspecified atom stereocenters. The third kappa shape index (κ3) is 3.11. The van der Waals surface area contributed by atoms with Crippen LogP contribution in [0.15, 0.2) is 12.1 Å². The molecule has 0 heterocycles. The van der Waals surface area contributed by atoms with E-state index < -0.39 is 0 Å². The van der Waals surface area contributed by atoms with Crippen molar-refractivity contribution in [3.63, 3.8) is 0 Å². The van der Waals surface area contributed by atoms with E-state index in [4.69, 9.17) is 17.3 Å². The molecule has 1 rings (SSSR count). The van der Waals surface area contributed by atoms with E-state index >= 15 is 0 Å². The number of nitrogens with two attached hydrogens (primary N) is 1. The molecule has 0 aliphatic rings. The van der Waals surface area contributed by atoms with Crippen LogP contribution < -0.4 is 5.73 Å². The van der Waals surface area contributed by atoms with Gasteiger partial charge < -0.3 is 10.8 Å². The highest BCUT2D eigenvalue weighted by Gasteiger charge is 2.09. The molecule has 2 nitrogen and oxygen atoms in total. The second-order valence-corrected chi connectivity index (χ2v) is 4.46. The zero-order valence-electron chi connectivity index (χ0n) is 9.26. The predicted molar refractivity (Wildman–Crippen MR) is 64.6 cm³/mol. The fraction of sp³-hybridized carbons (Fsp3) is 0.500. The standard InChI is InChI=1S/C12H18ClNO/c1-8(2)10-6-9(4-3-5-14)12(15)11(13)7-10/h6-8,15H,3-5,14H2,1-2H3. The highest BCUT2D eigenvalue weighted by atomic mass is 35.5. The molecule has 1 aromatic carbocycles. The maximum Gasteiger partial charge on any atom is 0.137 e. The van der Waals surface area contributed by atoms with Gasteiger partial charge in [0.15, 0.2) is 0 Å². The predicted octanol–water partition coefficient (Wildman–Crippen LogP) is 3.06. The zero-order valence-corrected chi connectivity index (χ0v) is 10.0. The molecule has 0 fully saturated rings. The summed E-state index contributed by atoms with van der Waals surface area (Å²) >= 11 is 5.96. The Hall–Kier alpha value is -0.730. The molecule has 1 aromatic rings. The molecule has 0 amide bonds. The average molecular weight is 228 g/mol. The van der Waals surface area contributed by atoms with E-state index in [1.165, 1.54) is 0 Å². The molecular weight excluding hydrogens is 210 g/mol. The minimum atomic E-state index is 0.203. The first-order valence-electron chi connectivity index (χ1n) is 5.27. The van der Waals surface area contributed by atoms with Gasteiger partial charge in [-0.2, -0.15) is 0 Å². The quantitative estimate of drug-likeness (QED) is 0.831. The average Bonchev–Trinajstić information content (AvgIpc) is 2.19. The number of aryl methyl sites for hydroxylation is 1. The van der Waals surface area contributed by atoms with Crippen LogP contribution in [0.5, 0.6) is 5.75 Å². The van der Waals surface area contributed by atoms with Crippen LogP contribution in [0.2, 0.25) is 5.02 Å². The van der Waals surface area contributed by atoms with Crippen molar-refractivity contribution >= 4 is 11.6 Å². The van der Waals surface area contributed by atoms with Crippen molar-refractivity contribution in [1.29, 1.82) is 0 Å². The van der Waals surface area contributed by atoms with Crippen molar-refractivity contribution in [3.05, 3.63) is 28.3 Å². The maximum atomic E-state index is 9.76. The van der Waals surface area contributed by atoms with Crippen LogP contribution >= 0.6 is 11.6 Å². The largest absolute Gasteiger partial charge is 0.506 e. The van der Waals surface area contributed by atoms with Gasteiger partial charge in [0.05, 0.1) is 5.02 Å². The number of halogens is 1. The molecule has 0 spiro atoms. The molecule has 0 radical (unpaired) electrons. The van der Waals surface area contributed by atoms with Crippen LogP contribution in [0.4, 0.5) is 0 Å². The van der Waals surface area contributed by atoms with E-state index in [0.717, 1.165) is 24.0 Å². The summed E-state index contributed by atoms with van der Waals surface area (Å²) in [4.78, 5) is 0. The number of rotatable bonds is 4. The van der Waals surface area contributed by atoms with Crippen LogP contribution in [-0.4, -0.2) is 11.7 Å². The molecule has 0 saturated heterocycles. The van der Waals surface area contributed by atoms with Crippen molar-refractivity contribution in [2.45, 2.75) is 32.6 Å². The van der Waals surface area contributed by atoms with Gasteiger partial charge in [-0.3, -0.25) is 0 Å². The minimum Gasteiger partial charge on any atom is -0.506 e. The lowest BCUT2D eigenvalue weighted by atomic mass is 9.98. The number of hydrogen-bond donors (Lipinski definition) is 2. The Labute approximate surface area is 96.1 Å². The maximum absolute atomic E-state index is 9.76. The monoisotopic (exact) mass is 227 g/mol. The lowest BCUT2D eigenvalue weighted by Gasteiger charge is -2.11. The smallest absolute Gasteiger partial charge is 0.137 e. The zero-order chi connectivity index (χ0) is 11.4. The second-order valence-electron chi connectivity index (χ2n) is 4.06. The van der Waals surface area contributed by atoms with Crippen molar-refractivity contribution in [3.8, 4) is 5.75 Å². The van der Waals surface area contributed by atoms with Gasteiger partial charge in [0, 0.05) is 0 Å². The van der Waals surface area contributed by atoms with Crippen LogP contribution in [0.3, 0.4) is 0 Å². The summed E-state index contributed by atoms with van der Waals surface area (Å²) in [6.07, 6.45) is 1.65. The van der Waals surface area contributed by atoms with Gasteiger partial charge in [0.1, 0.15) is 5.75 Å². The first kappa shape index (κ1) is 12.3. The van der Waals surface area contributed by atoms with E-state index in [0.29, 0.717) is 17.5 Å². The Morgan fingerprint density at radius 1 is 1.40 bits per heavy atom. The number of phenols is 1. The summed E-state index contributed by atoms with van der Waals surface area (Å²) in [5.41, 5.74) is 7.50. The lowest BCUT2D eigenvalue weighted by Crippen LogP contribution is -2.01. The number of benzene rings is 1. The summed E-state index contributed by atoms with van der Waals surface area (Å²) in [6, 6.07) is 3.84. The molecule has 0 aliphatic carbocycles. The van der Waals surface area contributed by atoms with E-state index in [1.807, 2.05) is 12.1 Å². The first-order valence-corrected chi connectivity index (χ1v) is 5.65. The Bertz CT molecular complexity index is 337. The fourth-order valence-corrected chi connectivity index (χ4v) is 1.74. The van der Waals surface area contributed by atoms with Crippen molar-refractivity contribution in [2.24, 2.45) is 5.73 Å². The highest BCUT2D eigenvalue weighted by Crippen LogP contribution is 2.32. The molecule has 3 N–H and O–H groups in total. The van der Waals surface area contributed by atoms with Crippen LogP contribution in [0, 0.1) is 0 Å². The molecule has 0 aliphatic heterocycles. The lowest BCUT2D eigenvalue weighted by molar-refractivity contribution is 0.467. The number of phenolic OH excluding ortho intramolecular Hbond substituents is 1. The summed E-state index contributed by atoms with van der Waals surface area (Å²) in [5.74, 6) is 0.620. The topological polar surface area (TPSA) is 46.2 Å². The number of hydrogen-bond acceptors (Lipinski definition) is 2. The van der Waals surface area contributed by atoms with Crippen molar-refractivity contribution in [2.75, 3.05) is 6.54 Å². The highest BCUT2D eigenvalue weighted by molar-refractivity contribution is 6.32. The molecule has 0 atom stereocenters. The number of aromatic hydroxyl groups is 1. The van der Waals surface area contributed by atoms with Gasteiger partial charge in [0.25, 0.3) is 0 Å². The van der Waals surface area contributed by atoms with Crippen LogP contribution in [-0.2, 0) is 6.42 Å². The van der Waals surface area contributed by atoms with Gasteiger partial charge in [0.2, 0.25) is 0 Å². The fourth-order valence-electron chi connectivity index (χ4n) is 1.50. The molecule has 84 valence electrons. The Morgan fingerprint density at radius 3 is 2.60 bits per heavy atom. The van der Waals surface area contributed by atoms with Gasteiger partial charge >= 0.3 is 0 Å². The Kier molecular flexibility index (Phi) is 4.43. The van der Waals surface area contributed by atoms with Gasteiger partial charge in [-0.15, -0.1) is 0 Å². The SMILES string of the molecule is CC(C)c1cc(Cl)c(O)c(CCCN)c1. The van der Waals surface area contributed by atoms with E-state index in [-0.39, 0.29) is 5.75 Å².